The SMILES string of the molecule is CC1=CC(=O)N(Nc2nc(-c3cccs3)nc3sc(-c4ccc(OCCN5CCN(CCN(C)C)CC5)cc4)c(C)c23)C1=O. The first kappa shape index (κ1) is 30.4. The van der Waals surface area contributed by atoms with Crippen LogP contribution in [0.25, 0.3) is 31.4 Å². The van der Waals surface area contributed by atoms with Crippen LogP contribution in [-0.2, 0) is 9.59 Å². The maximum absolute atomic E-state index is 12.7. The maximum Gasteiger partial charge on any atom is 0.275 e. The van der Waals surface area contributed by atoms with E-state index in [0.717, 1.165) is 87.7 Å². The van der Waals surface area contributed by atoms with Crippen LogP contribution < -0.4 is 10.2 Å². The van der Waals surface area contributed by atoms with Crippen molar-refractivity contribution in [2.75, 3.05) is 71.9 Å². The van der Waals surface area contributed by atoms with E-state index in [9.17, 15) is 9.59 Å². The Hall–Kier alpha value is -3.68. The predicted octanol–water partition coefficient (Wildman–Crippen LogP) is 4.60. The molecular weight excluding hydrogens is 595 g/mol. The molecule has 2 aliphatic heterocycles. The summed E-state index contributed by atoms with van der Waals surface area (Å²) in [6.07, 6.45) is 1.33. The number of anilines is 1. The van der Waals surface area contributed by atoms with Gasteiger partial charge >= 0.3 is 0 Å². The van der Waals surface area contributed by atoms with Gasteiger partial charge in [0.1, 0.15) is 17.2 Å². The second-order valence-corrected chi connectivity index (χ2v) is 13.3. The Morgan fingerprint density at radius 2 is 1.70 bits per heavy atom. The van der Waals surface area contributed by atoms with Gasteiger partial charge in [-0.3, -0.25) is 24.8 Å². The fourth-order valence-corrected chi connectivity index (χ4v) is 7.23. The lowest BCUT2D eigenvalue weighted by Gasteiger charge is -2.35. The van der Waals surface area contributed by atoms with E-state index in [-0.39, 0.29) is 5.91 Å². The second-order valence-electron chi connectivity index (χ2n) is 11.4. The van der Waals surface area contributed by atoms with Gasteiger partial charge in [-0.1, -0.05) is 6.07 Å². The number of ether oxygens (including phenoxy) is 1. The van der Waals surface area contributed by atoms with Gasteiger partial charge in [-0.25, -0.2) is 9.97 Å². The number of hydrazine groups is 1. The molecule has 3 aromatic heterocycles. The van der Waals surface area contributed by atoms with Gasteiger partial charge in [-0.05, 0) is 74.8 Å². The molecule has 10 nitrogen and oxygen atoms in total. The highest BCUT2D eigenvalue weighted by Crippen LogP contribution is 2.42. The van der Waals surface area contributed by atoms with Crippen molar-refractivity contribution in [2.24, 2.45) is 0 Å². The topological polar surface area (TPSA) is 94.1 Å². The van der Waals surface area contributed by atoms with Crippen molar-refractivity contribution in [1.82, 2.24) is 29.7 Å². The normalized spacial score (nSPS) is 16.4. The van der Waals surface area contributed by atoms with Crippen LogP contribution in [0.3, 0.4) is 0 Å². The third kappa shape index (κ3) is 6.54. The first-order valence-corrected chi connectivity index (χ1v) is 16.5. The van der Waals surface area contributed by atoms with Crippen molar-refractivity contribution >= 4 is 50.5 Å². The minimum atomic E-state index is -0.414. The summed E-state index contributed by atoms with van der Waals surface area (Å²) in [6, 6.07) is 12.1. The van der Waals surface area contributed by atoms with E-state index in [1.54, 1.807) is 18.3 Å². The monoisotopic (exact) mass is 631 g/mol. The van der Waals surface area contributed by atoms with Crippen molar-refractivity contribution in [3.63, 3.8) is 0 Å². The fraction of sp³-hybridized carbons (Fsp3) is 0.375. The molecule has 0 radical (unpaired) electrons. The minimum Gasteiger partial charge on any atom is -0.492 e. The van der Waals surface area contributed by atoms with Crippen LogP contribution in [0.1, 0.15) is 12.5 Å². The zero-order valence-corrected chi connectivity index (χ0v) is 27.1. The maximum atomic E-state index is 12.7. The molecule has 2 aliphatic rings. The number of piperazine rings is 1. The number of likely N-dealkylation sites (N-methyl/N-ethyl adjacent to an activating group) is 1. The summed E-state index contributed by atoms with van der Waals surface area (Å²) in [7, 11) is 4.24. The molecule has 44 heavy (non-hydrogen) atoms. The van der Waals surface area contributed by atoms with Gasteiger partial charge in [-0.15, -0.1) is 22.7 Å². The Kier molecular flexibility index (Phi) is 9.06. The number of hydrogen-bond acceptors (Lipinski definition) is 11. The average molecular weight is 632 g/mol. The highest BCUT2D eigenvalue weighted by Gasteiger charge is 2.30. The van der Waals surface area contributed by atoms with Crippen LogP contribution >= 0.6 is 22.7 Å². The number of aryl methyl sites for hydroxylation is 1. The molecule has 6 rings (SSSR count). The smallest absolute Gasteiger partial charge is 0.275 e. The number of benzene rings is 1. The first-order valence-electron chi connectivity index (χ1n) is 14.8. The lowest BCUT2D eigenvalue weighted by atomic mass is 10.1. The molecule has 0 atom stereocenters. The van der Waals surface area contributed by atoms with Gasteiger partial charge in [0.2, 0.25) is 0 Å². The summed E-state index contributed by atoms with van der Waals surface area (Å²) in [4.78, 5) is 44.8. The van der Waals surface area contributed by atoms with Crippen molar-refractivity contribution in [3.8, 4) is 26.9 Å². The molecule has 1 fully saturated rings. The van der Waals surface area contributed by atoms with E-state index in [1.807, 2.05) is 36.6 Å². The van der Waals surface area contributed by atoms with Crippen molar-refractivity contribution in [1.29, 1.82) is 0 Å². The van der Waals surface area contributed by atoms with Crippen LogP contribution in [-0.4, -0.2) is 108 Å². The molecule has 0 unspecified atom stereocenters. The van der Waals surface area contributed by atoms with E-state index in [4.69, 9.17) is 14.7 Å². The van der Waals surface area contributed by atoms with E-state index >= 15 is 0 Å². The van der Waals surface area contributed by atoms with Gasteiger partial charge < -0.3 is 9.64 Å². The lowest BCUT2D eigenvalue weighted by molar-refractivity contribution is -0.135. The second kappa shape index (κ2) is 13.1. The number of carbonyl (C=O) groups excluding carboxylic acids is 2. The van der Waals surface area contributed by atoms with Gasteiger partial charge in [0.05, 0.1) is 10.3 Å². The molecule has 0 saturated carbocycles. The Morgan fingerprint density at radius 1 is 0.977 bits per heavy atom. The summed E-state index contributed by atoms with van der Waals surface area (Å²) in [5.41, 5.74) is 5.41. The summed E-state index contributed by atoms with van der Waals surface area (Å²) in [6.45, 7) is 11.8. The zero-order valence-electron chi connectivity index (χ0n) is 25.5. The number of nitrogens with one attached hydrogen (secondary N) is 1. The summed E-state index contributed by atoms with van der Waals surface area (Å²) in [5, 5.41) is 3.78. The van der Waals surface area contributed by atoms with E-state index < -0.39 is 5.91 Å². The van der Waals surface area contributed by atoms with Crippen LogP contribution in [0.2, 0.25) is 0 Å². The van der Waals surface area contributed by atoms with Gasteiger partial charge in [-0.2, -0.15) is 5.01 Å². The number of carbonyl (C=O) groups is 2. The number of fused-ring (bicyclic) bond motifs is 1. The zero-order chi connectivity index (χ0) is 30.8. The fourth-order valence-electron chi connectivity index (χ4n) is 5.38. The highest BCUT2D eigenvalue weighted by atomic mass is 32.1. The van der Waals surface area contributed by atoms with Crippen molar-refractivity contribution < 1.29 is 14.3 Å². The van der Waals surface area contributed by atoms with E-state index in [0.29, 0.717) is 23.8 Å². The molecule has 5 heterocycles. The van der Waals surface area contributed by atoms with E-state index in [2.05, 4.69) is 46.4 Å². The molecule has 1 saturated heterocycles. The first-order chi connectivity index (χ1) is 21.3. The predicted molar refractivity (Wildman–Crippen MR) is 177 cm³/mol. The summed E-state index contributed by atoms with van der Waals surface area (Å²) < 4.78 is 6.11. The summed E-state index contributed by atoms with van der Waals surface area (Å²) >= 11 is 3.11. The molecule has 12 heteroatoms. The molecule has 1 N–H and O–H groups in total. The van der Waals surface area contributed by atoms with Gasteiger partial charge in [0.15, 0.2) is 11.6 Å². The number of hydrogen-bond donors (Lipinski definition) is 1. The largest absolute Gasteiger partial charge is 0.492 e. The number of rotatable bonds is 11. The summed E-state index contributed by atoms with van der Waals surface area (Å²) in [5.74, 6) is 1.02. The minimum absolute atomic E-state index is 0.384. The Bertz CT molecular complexity index is 1670. The van der Waals surface area contributed by atoms with Gasteiger partial charge in [0.25, 0.3) is 11.8 Å². The Balaban J connectivity index is 1.16. The van der Waals surface area contributed by atoms with Crippen LogP contribution in [0, 0.1) is 6.92 Å². The molecule has 0 bridgehead atoms. The number of imide groups is 1. The quantitative estimate of drug-likeness (QED) is 0.239. The van der Waals surface area contributed by atoms with Crippen LogP contribution in [0.5, 0.6) is 5.75 Å². The number of aromatic nitrogens is 2. The Labute approximate surface area is 265 Å². The van der Waals surface area contributed by atoms with Crippen LogP contribution in [0.4, 0.5) is 5.82 Å². The number of thiophene rings is 2. The van der Waals surface area contributed by atoms with E-state index in [1.165, 1.54) is 17.4 Å². The van der Waals surface area contributed by atoms with Crippen LogP contribution in [0.15, 0.2) is 53.4 Å². The van der Waals surface area contributed by atoms with Gasteiger partial charge in [0, 0.05) is 62.3 Å². The van der Waals surface area contributed by atoms with Crippen molar-refractivity contribution in [3.05, 3.63) is 59.0 Å². The lowest BCUT2D eigenvalue weighted by Crippen LogP contribution is -2.48. The molecule has 1 aromatic carbocycles. The molecule has 230 valence electrons. The number of amides is 2. The highest BCUT2D eigenvalue weighted by molar-refractivity contribution is 7.22. The standard InChI is InChI=1S/C32H37N7O3S2/c1-21-20-26(40)39(32(21)41)35-30-27-22(2)28(44-31(27)34-29(33-30)25-6-5-19-43-25)23-7-9-24(10-8-23)42-18-17-38-15-13-37(14-16-38)12-11-36(3)4/h5-10,19-20H,11-18H2,1-4H3,(H,33,34,35). The molecule has 0 spiro atoms. The third-order valence-electron chi connectivity index (χ3n) is 7.97. The third-order valence-corrected chi connectivity index (χ3v) is 10.1. The average Bonchev–Trinajstić information content (AvgIpc) is 3.73. The molecular formula is C32H37N7O3S2. The molecule has 0 aliphatic carbocycles. The Morgan fingerprint density at radius 3 is 2.34 bits per heavy atom. The number of nitrogens with zero attached hydrogens (tertiary/aromatic N) is 6. The molecule has 2 amide bonds. The van der Waals surface area contributed by atoms with Crippen molar-refractivity contribution in [2.45, 2.75) is 13.8 Å². The molecule has 4 aromatic rings.